The topological polar surface area (TPSA) is 57.2 Å². The van der Waals surface area contributed by atoms with Crippen LogP contribution in [0.4, 0.5) is 0 Å². The number of aliphatic hydroxyl groups excluding tert-OH is 1. The molecule has 5 nitrogen and oxygen atoms in total. The van der Waals surface area contributed by atoms with Gasteiger partial charge in [-0.3, -0.25) is 0 Å². The molecule has 0 aliphatic carbocycles. The summed E-state index contributed by atoms with van der Waals surface area (Å²) in [5, 5.41) is 10.9. The maximum absolute atomic E-state index is 10.9. The molecule has 5 heteroatoms. The zero-order chi connectivity index (χ0) is 30.0. The van der Waals surface area contributed by atoms with Gasteiger partial charge in [0, 0.05) is 6.42 Å². The molecule has 0 saturated carbocycles. The van der Waals surface area contributed by atoms with E-state index < -0.39 is 30.2 Å². The Bertz CT molecular complexity index is 1430. The van der Waals surface area contributed by atoms with E-state index in [1.54, 1.807) is 0 Å². The summed E-state index contributed by atoms with van der Waals surface area (Å²) < 4.78 is 26.3. The summed E-state index contributed by atoms with van der Waals surface area (Å²) >= 11 is 0. The van der Waals surface area contributed by atoms with E-state index in [4.69, 9.17) is 18.9 Å². The average Bonchev–Trinajstić information content (AvgIpc) is 3.09. The summed E-state index contributed by atoms with van der Waals surface area (Å²) in [5.41, 5.74) is 4.15. The van der Waals surface area contributed by atoms with Crippen molar-refractivity contribution in [1.29, 1.82) is 0 Å². The van der Waals surface area contributed by atoms with Crippen LogP contribution in [-0.4, -0.2) is 36.3 Å². The molecule has 6 rings (SSSR count). The third-order valence-electron chi connectivity index (χ3n) is 8.10. The van der Waals surface area contributed by atoms with Crippen LogP contribution in [0.3, 0.4) is 0 Å². The standard InChI is InChI=1S/C39H38O5/c40-37-26-35(41-27-30-16-6-1-7-17-30)38(42-28-31-18-8-2-9-19-31)36(44-37)29-43-39(32-20-10-3-11-21-32,33-22-12-4-13-23-33)34-24-14-5-15-25-34/h1-25,35-38,40H,26-29H2/t35-,36-,37?,38+/m1/s1. The van der Waals surface area contributed by atoms with E-state index in [1.807, 2.05) is 115 Å². The largest absolute Gasteiger partial charge is 0.371 e. The van der Waals surface area contributed by atoms with Crippen LogP contribution in [0.1, 0.15) is 34.2 Å². The lowest BCUT2D eigenvalue weighted by atomic mass is 9.80. The highest BCUT2D eigenvalue weighted by molar-refractivity contribution is 5.47. The molecule has 44 heavy (non-hydrogen) atoms. The van der Waals surface area contributed by atoms with Gasteiger partial charge in [-0.1, -0.05) is 152 Å². The van der Waals surface area contributed by atoms with E-state index >= 15 is 0 Å². The molecule has 5 aromatic rings. The van der Waals surface area contributed by atoms with E-state index in [1.165, 1.54) is 0 Å². The molecular weight excluding hydrogens is 548 g/mol. The predicted molar refractivity (Wildman–Crippen MR) is 171 cm³/mol. The van der Waals surface area contributed by atoms with Gasteiger partial charge in [-0.25, -0.2) is 0 Å². The van der Waals surface area contributed by atoms with E-state index in [0.717, 1.165) is 27.8 Å². The van der Waals surface area contributed by atoms with Crippen LogP contribution in [0.5, 0.6) is 0 Å². The van der Waals surface area contributed by atoms with Gasteiger partial charge in [0.05, 0.1) is 25.9 Å². The first kappa shape index (κ1) is 29.9. The second-order valence-corrected chi connectivity index (χ2v) is 11.1. The fourth-order valence-electron chi connectivity index (χ4n) is 5.94. The fourth-order valence-corrected chi connectivity index (χ4v) is 5.94. The summed E-state index contributed by atoms with van der Waals surface area (Å²) in [7, 11) is 0. The molecule has 1 heterocycles. The molecule has 1 unspecified atom stereocenters. The van der Waals surface area contributed by atoms with Crippen LogP contribution >= 0.6 is 0 Å². The molecule has 5 aromatic carbocycles. The van der Waals surface area contributed by atoms with Gasteiger partial charge in [-0.2, -0.15) is 0 Å². The molecule has 0 radical (unpaired) electrons. The van der Waals surface area contributed by atoms with E-state index in [0.29, 0.717) is 19.6 Å². The molecule has 1 aliphatic rings. The van der Waals surface area contributed by atoms with Gasteiger partial charge in [0.15, 0.2) is 6.29 Å². The van der Waals surface area contributed by atoms with Gasteiger partial charge < -0.3 is 24.1 Å². The van der Waals surface area contributed by atoms with Crippen molar-refractivity contribution in [3.63, 3.8) is 0 Å². The average molecular weight is 587 g/mol. The summed E-state index contributed by atoms with van der Waals surface area (Å²) in [6.45, 7) is 0.938. The molecule has 1 N–H and O–H groups in total. The normalized spacial score (nSPS) is 20.3. The third-order valence-corrected chi connectivity index (χ3v) is 8.10. The van der Waals surface area contributed by atoms with Crippen molar-refractivity contribution >= 4 is 0 Å². The Morgan fingerprint density at radius 2 is 0.977 bits per heavy atom. The van der Waals surface area contributed by atoms with Crippen LogP contribution in [0.15, 0.2) is 152 Å². The predicted octanol–water partition coefficient (Wildman–Crippen LogP) is 7.27. The van der Waals surface area contributed by atoms with Crippen molar-refractivity contribution in [2.75, 3.05) is 6.61 Å². The summed E-state index contributed by atoms with van der Waals surface area (Å²) in [6, 6.07) is 50.8. The first-order valence-corrected chi connectivity index (χ1v) is 15.2. The number of benzene rings is 5. The number of aliphatic hydroxyl groups is 1. The minimum absolute atomic E-state index is 0.153. The zero-order valence-corrected chi connectivity index (χ0v) is 24.7. The SMILES string of the molecule is OC1C[C@@H](OCc2ccccc2)[C@H](OCc2ccccc2)[C@@H](COC(c2ccccc2)(c2ccccc2)c2ccccc2)O1. The van der Waals surface area contributed by atoms with Gasteiger partial charge in [-0.15, -0.1) is 0 Å². The Morgan fingerprint density at radius 1 is 0.568 bits per heavy atom. The molecule has 0 spiro atoms. The molecule has 224 valence electrons. The lowest BCUT2D eigenvalue weighted by Gasteiger charge is -2.42. The van der Waals surface area contributed by atoms with E-state index in [-0.39, 0.29) is 6.61 Å². The van der Waals surface area contributed by atoms with Crippen molar-refractivity contribution in [2.45, 2.75) is 49.8 Å². The Kier molecular flexibility index (Phi) is 9.93. The summed E-state index contributed by atoms with van der Waals surface area (Å²) in [6.07, 6.45) is -2.21. The van der Waals surface area contributed by atoms with Crippen LogP contribution in [0, 0.1) is 0 Å². The van der Waals surface area contributed by atoms with Crippen LogP contribution in [-0.2, 0) is 37.8 Å². The highest BCUT2D eigenvalue weighted by Gasteiger charge is 2.44. The molecule has 4 atom stereocenters. The fraction of sp³-hybridized carbons (Fsp3) is 0.231. The third kappa shape index (κ3) is 6.99. The molecule has 0 bridgehead atoms. The van der Waals surface area contributed by atoms with Crippen molar-refractivity contribution in [3.8, 4) is 0 Å². The van der Waals surface area contributed by atoms with Crippen molar-refractivity contribution < 1.29 is 24.1 Å². The van der Waals surface area contributed by atoms with Gasteiger partial charge in [0.25, 0.3) is 0 Å². The highest BCUT2D eigenvalue weighted by Crippen LogP contribution is 2.41. The molecule has 0 aromatic heterocycles. The van der Waals surface area contributed by atoms with Crippen LogP contribution in [0.25, 0.3) is 0 Å². The second-order valence-electron chi connectivity index (χ2n) is 11.1. The number of hydrogen-bond acceptors (Lipinski definition) is 5. The highest BCUT2D eigenvalue weighted by atomic mass is 16.7. The molecule has 1 saturated heterocycles. The summed E-state index contributed by atoms with van der Waals surface area (Å²) in [5.74, 6) is 0. The number of ether oxygens (including phenoxy) is 4. The first-order chi connectivity index (χ1) is 21.7. The monoisotopic (exact) mass is 586 g/mol. The number of hydrogen-bond donors (Lipinski definition) is 1. The second kappa shape index (κ2) is 14.6. The van der Waals surface area contributed by atoms with Gasteiger partial charge >= 0.3 is 0 Å². The molecule has 1 aliphatic heterocycles. The molecule has 0 amide bonds. The lowest BCUT2D eigenvalue weighted by molar-refractivity contribution is -0.268. The smallest absolute Gasteiger partial charge is 0.157 e. The number of rotatable bonds is 12. The Balaban J connectivity index is 1.33. The van der Waals surface area contributed by atoms with Crippen molar-refractivity contribution in [1.82, 2.24) is 0 Å². The van der Waals surface area contributed by atoms with Crippen LogP contribution < -0.4 is 0 Å². The minimum atomic E-state index is -1.01. The van der Waals surface area contributed by atoms with Crippen molar-refractivity contribution in [3.05, 3.63) is 179 Å². The lowest BCUT2D eigenvalue weighted by Crippen LogP contribution is -2.53. The minimum Gasteiger partial charge on any atom is -0.371 e. The Morgan fingerprint density at radius 3 is 1.43 bits per heavy atom. The Hall–Kier alpha value is -4.10. The van der Waals surface area contributed by atoms with E-state index in [2.05, 4.69) is 36.4 Å². The first-order valence-electron chi connectivity index (χ1n) is 15.2. The maximum atomic E-state index is 10.9. The quantitative estimate of drug-likeness (QED) is 0.156. The molecular formula is C39H38O5. The Labute approximate surface area is 259 Å². The zero-order valence-electron chi connectivity index (χ0n) is 24.7. The van der Waals surface area contributed by atoms with Gasteiger partial charge in [-0.05, 0) is 27.8 Å². The van der Waals surface area contributed by atoms with E-state index in [9.17, 15) is 5.11 Å². The summed E-state index contributed by atoms with van der Waals surface area (Å²) in [4.78, 5) is 0. The van der Waals surface area contributed by atoms with Crippen molar-refractivity contribution in [2.24, 2.45) is 0 Å². The molecule has 1 fully saturated rings. The van der Waals surface area contributed by atoms with Crippen LogP contribution in [0.2, 0.25) is 0 Å². The van der Waals surface area contributed by atoms with Gasteiger partial charge in [0.1, 0.15) is 17.8 Å². The maximum Gasteiger partial charge on any atom is 0.157 e. The van der Waals surface area contributed by atoms with Gasteiger partial charge in [0.2, 0.25) is 0 Å².